The van der Waals surface area contributed by atoms with Gasteiger partial charge in [-0.3, -0.25) is 4.79 Å². The molecule has 2 rings (SSSR count). The van der Waals surface area contributed by atoms with E-state index in [-0.39, 0.29) is 10.8 Å². The highest BCUT2D eigenvalue weighted by Gasteiger charge is 2.07. The molecule has 0 atom stereocenters. The minimum atomic E-state index is -0.423. The first kappa shape index (κ1) is 16.6. The van der Waals surface area contributed by atoms with Crippen LogP contribution in [-0.4, -0.2) is 23.8 Å². The zero-order valence-electron chi connectivity index (χ0n) is 12.1. The summed E-state index contributed by atoms with van der Waals surface area (Å²) in [5, 5.41) is 13.3. The van der Waals surface area contributed by atoms with Crippen molar-refractivity contribution >= 4 is 23.7 Å². The zero-order valence-corrected chi connectivity index (χ0v) is 12.8. The minimum absolute atomic E-state index is 0.0791. The summed E-state index contributed by atoms with van der Waals surface area (Å²) in [7, 11) is 0. The Balaban J connectivity index is 1.98. The molecule has 6 heteroatoms. The van der Waals surface area contributed by atoms with Crippen molar-refractivity contribution in [2.75, 3.05) is 6.54 Å². The summed E-state index contributed by atoms with van der Waals surface area (Å²) in [5.74, 6) is 5.18. The van der Waals surface area contributed by atoms with Gasteiger partial charge in [-0.25, -0.2) is 5.43 Å². The molecule has 0 aromatic heterocycles. The Labute approximate surface area is 138 Å². The second-order valence-electron chi connectivity index (χ2n) is 4.49. The van der Waals surface area contributed by atoms with Crippen LogP contribution in [0.2, 0.25) is 5.02 Å². The van der Waals surface area contributed by atoms with Gasteiger partial charge in [-0.15, -0.1) is 0 Å². The number of carbonyl (C=O) groups excluding carboxylic acids is 1. The van der Waals surface area contributed by atoms with Gasteiger partial charge in [0.15, 0.2) is 0 Å². The average Bonchev–Trinajstić information content (AvgIpc) is 2.56. The summed E-state index contributed by atoms with van der Waals surface area (Å²) >= 11 is 5.75. The molecule has 1 amide bonds. The van der Waals surface area contributed by atoms with Crippen molar-refractivity contribution in [3.63, 3.8) is 0 Å². The quantitative estimate of drug-likeness (QED) is 0.458. The highest BCUT2D eigenvalue weighted by Crippen LogP contribution is 2.23. The number of hydrogen-bond donors (Lipinski definition) is 3. The number of aromatic hydroxyl groups is 1. The topological polar surface area (TPSA) is 87.7 Å². The Hall–Kier alpha value is -2.81. The van der Waals surface area contributed by atoms with E-state index in [1.807, 2.05) is 24.3 Å². The van der Waals surface area contributed by atoms with Crippen LogP contribution in [0.4, 0.5) is 0 Å². The molecule has 0 aliphatic heterocycles. The second kappa shape index (κ2) is 7.99. The lowest BCUT2D eigenvalue weighted by atomic mass is 10.1. The molecule has 2 aromatic rings. The van der Waals surface area contributed by atoms with Gasteiger partial charge in [0, 0.05) is 11.1 Å². The number of phenols is 1. The molecular formula is C17H14ClN3O2. The number of hydrogen-bond acceptors (Lipinski definition) is 4. The van der Waals surface area contributed by atoms with Crippen molar-refractivity contribution in [3.8, 4) is 17.6 Å². The predicted octanol–water partition coefficient (Wildman–Crippen LogP) is 2.12. The molecule has 23 heavy (non-hydrogen) atoms. The maximum absolute atomic E-state index is 11.9. The molecule has 0 unspecified atom stereocenters. The Morgan fingerprint density at radius 3 is 2.70 bits per heavy atom. The van der Waals surface area contributed by atoms with Crippen LogP contribution in [0.15, 0.2) is 47.6 Å². The molecule has 116 valence electrons. The van der Waals surface area contributed by atoms with Gasteiger partial charge >= 0.3 is 0 Å². The van der Waals surface area contributed by atoms with Gasteiger partial charge in [0.05, 0.1) is 17.8 Å². The molecule has 0 fully saturated rings. The summed E-state index contributed by atoms with van der Waals surface area (Å²) < 4.78 is 0. The van der Waals surface area contributed by atoms with Crippen molar-refractivity contribution in [1.82, 2.24) is 5.43 Å². The average molecular weight is 328 g/mol. The molecule has 4 N–H and O–H groups in total. The predicted molar refractivity (Wildman–Crippen MR) is 90.6 cm³/mol. The summed E-state index contributed by atoms with van der Waals surface area (Å²) in [5.41, 5.74) is 9.67. The number of phenolic OH excluding ortho intramolecular Hbond substituents is 1. The van der Waals surface area contributed by atoms with Gasteiger partial charge in [0.1, 0.15) is 5.75 Å². The third-order valence-corrected chi connectivity index (χ3v) is 3.14. The molecule has 2 aromatic carbocycles. The number of amides is 1. The third-order valence-electron chi connectivity index (χ3n) is 2.84. The van der Waals surface area contributed by atoms with Crippen LogP contribution in [0.5, 0.6) is 5.75 Å². The van der Waals surface area contributed by atoms with Crippen molar-refractivity contribution in [3.05, 3.63) is 64.2 Å². The van der Waals surface area contributed by atoms with E-state index in [4.69, 9.17) is 17.3 Å². The van der Waals surface area contributed by atoms with Crippen molar-refractivity contribution < 1.29 is 9.90 Å². The molecule has 0 aliphatic rings. The largest absolute Gasteiger partial charge is 0.506 e. The lowest BCUT2D eigenvalue weighted by molar-refractivity contribution is 0.0955. The summed E-state index contributed by atoms with van der Waals surface area (Å²) in [4.78, 5) is 11.9. The normalized spacial score (nSPS) is 10.2. The maximum Gasteiger partial charge on any atom is 0.271 e. The number of nitrogens with two attached hydrogens (primary N) is 1. The monoisotopic (exact) mass is 327 g/mol. The standard InChI is InChI=1S/C17H14ClN3O2/c18-15-10-14(7-8-16(15)22)17(23)21-20-11-13-5-3-12(4-6-13)2-1-9-19/h3-8,10-11,22H,9,19H2,(H,21,23)/b20-11+. The summed E-state index contributed by atoms with van der Waals surface area (Å²) in [6, 6.07) is 11.5. The molecule has 0 heterocycles. The Morgan fingerprint density at radius 1 is 1.30 bits per heavy atom. The summed E-state index contributed by atoms with van der Waals surface area (Å²) in [6.07, 6.45) is 1.51. The molecule has 0 aliphatic carbocycles. The SMILES string of the molecule is NCC#Cc1ccc(/C=N/NC(=O)c2ccc(O)c(Cl)c2)cc1. The van der Waals surface area contributed by atoms with Crippen molar-refractivity contribution in [2.24, 2.45) is 10.8 Å². The molecular weight excluding hydrogens is 314 g/mol. The van der Waals surface area contributed by atoms with Crippen molar-refractivity contribution in [2.45, 2.75) is 0 Å². The van der Waals surface area contributed by atoms with E-state index in [0.717, 1.165) is 11.1 Å². The number of rotatable bonds is 3. The van der Waals surface area contributed by atoms with Crippen molar-refractivity contribution in [1.29, 1.82) is 0 Å². The first-order valence-electron chi connectivity index (χ1n) is 6.71. The third kappa shape index (κ3) is 4.85. The smallest absolute Gasteiger partial charge is 0.271 e. The number of nitrogens with zero attached hydrogens (tertiary/aromatic N) is 1. The van der Waals surface area contributed by atoms with Crippen LogP contribution in [-0.2, 0) is 0 Å². The fourth-order valence-electron chi connectivity index (χ4n) is 1.68. The lowest BCUT2D eigenvalue weighted by Crippen LogP contribution is -2.17. The number of benzene rings is 2. The molecule has 0 bridgehead atoms. The van der Waals surface area contributed by atoms with Crippen LogP contribution in [0.3, 0.4) is 0 Å². The van der Waals surface area contributed by atoms with E-state index in [1.54, 1.807) is 0 Å². The fraction of sp³-hybridized carbons (Fsp3) is 0.0588. The molecule has 0 spiro atoms. The second-order valence-corrected chi connectivity index (χ2v) is 4.90. The first-order valence-corrected chi connectivity index (χ1v) is 7.09. The van der Waals surface area contributed by atoms with Crippen LogP contribution in [0.25, 0.3) is 0 Å². The molecule has 0 saturated heterocycles. The number of nitrogens with one attached hydrogen (secondary N) is 1. The van der Waals surface area contributed by atoms with E-state index >= 15 is 0 Å². The first-order chi connectivity index (χ1) is 11.1. The van der Waals surface area contributed by atoms with Crippen LogP contribution in [0.1, 0.15) is 21.5 Å². The van der Waals surface area contributed by atoms with Gasteiger partial charge in [-0.2, -0.15) is 5.10 Å². The Morgan fingerprint density at radius 2 is 2.04 bits per heavy atom. The van der Waals surface area contributed by atoms with E-state index in [1.165, 1.54) is 24.4 Å². The van der Waals surface area contributed by atoms with E-state index in [0.29, 0.717) is 12.1 Å². The molecule has 0 radical (unpaired) electrons. The highest BCUT2D eigenvalue weighted by molar-refractivity contribution is 6.32. The number of carbonyl (C=O) groups is 1. The number of halogens is 1. The van der Waals surface area contributed by atoms with Gasteiger partial charge < -0.3 is 10.8 Å². The summed E-state index contributed by atoms with van der Waals surface area (Å²) in [6.45, 7) is 0.316. The lowest BCUT2D eigenvalue weighted by Gasteiger charge is -2.02. The van der Waals surface area contributed by atoms with Crippen LogP contribution in [0, 0.1) is 11.8 Å². The van der Waals surface area contributed by atoms with Gasteiger partial charge in [-0.05, 0) is 35.9 Å². The number of hydrazone groups is 1. The van der Waals surface area contributed by atoms with Gasteiger partial charge in [0.25, 0.3) is 5.91 Å². The molecule has 0 saturated carbocycles. The maximum atomic E-state index is 11.9. The Kier molecular flexibility index (Phi) is 5.75. The van der Waals surface area contributed by atoms with Crippen LogP contribution >= 0.6 is 11.6 Å². The minimum Gasteiger partial charge on any atom is -0.506 e. The Bertz CT molecular complexity index is 790. The van der Waals surface area contributed by atoms with Crippen LogP contribution < -0.4 is 11.2 Å². The van der Waals surface area contributed by atoms with E-state index in [2.05, 4.69) is 22.4 Å². The van der Waals surface area contributed by atoms with Gasteiger partial charge in [-0.1, -0.05) is 35.6 Å². The van der Waals surface area contributed by atoms with E-state index < -0.39 is 5.91 Å². The zero-order chi connectivity index (χ0) is 16.7. The molecule has 5 nitrogen and oxygen atoms in total. The fourth-order valence-corrected chi connectivity index (χ4v) is 1.86. The highest BCUT2D eigenvalue weighted by atomic mass is 35.5. The van der Waals surface area contributed by atoms with Gasteiger partial charge in [0.2, 0.25) is 0 Å². The van der Waals surface area contributed by atoms with E-state index in [9.17, 15) is 9.90 Å².